The van der Waals surface area contributed by atoms with Gasteiger partial charge in [-0.2, -0.15) is 0 Å². The van der Waals surface area contributed by atoms with Gasteiger partial charge in [-0.3, -0.25) is 0 Å². The van der Waals surface area contributed by atoms with Gasteiger partial charge < -0.3 is 22.1 Å². The van der Waals surface area contributed by atoms with E-state index in [4.69, 9.17) is 0 Å². The quantitative estimate of drug-likeness (QED) is 0.582. The van der Waals surface area contributed by atoms with Crippen LogP contribution in [-0.2, 0) is 13.5 Å². The fourth-order valence-corrected chi connectivity index (χ4v) is 2.15. The molecule has 5 heteroatoms. The third kappa shape index (κ3) is 2.61. The van der Waals surface area contributed by atoms with E-state index in [1.54, 1.807) is 18.3 Å². The van der Waals surface area contributed by atoms with E-state index in [0.29, 0.717) is 5.75 Å². The number of aromatic nitrogens is 3. The maximum Gasteiger partial charge on any atom is 0.403 e. The largest absolute Gasteiger partial charge is 1.00 e. The van der Waals surface area contributed by atoms with Gasteiger partial charge in [0.05, 0.1) is 13.2 Å². The molecule has 0 aliphatic rings. The third-order valence-corrected chi connectivity index (χ3v) is 3.02. The van der Waals surface area contributed by atoms with Crippen molar-refractivity contribution in [1.29, 1.82) is 0 Å². The molecule has 0 unspecified atom stereocenters. The fourth-order valence-electron chi connectivity index (χ4n) is 2.15. The van der Waals surface area contributed by atoms with Crippen LogP contribution in [-0.4, -0.2) is 14.5 Å². The Hall–Kier alpha value is -1.88. The molecule has 2 aromatic heterocycles. The van der Waals surface area contributed by atoms with Crippen molar-refractivity contribution in [3.8, 4) is 5.75 Å². The lowest BCUT2D eigenvalue weighted by Crippen LogP contribution is -3.00. The average Bonchev–Trinajstić information content (AvgIpc) is 2.70. The van der Waals surface area contributed by atoms with Crippen molar-refractivity contribution < 1.29 is 26.7 Å². The number of fused-ring (bicyclic) bond motifs is 1. The van der Waals surface area contributed by atoms with Gasteiger partial charge in [-0.25, -0.2) is 8.97 Å². The van der Waals surface area contributed by atoms with Gasteiger partial charge in [0.1, 0.15) is 23.8 Å². The summed E-state index contributed by atoms with van der Waals surface area (Å²) < 4.78 is 4.09. The molecule has 0 spiro atoms. The maximum atomic E-state index is 9.28. The van der Waals surface area contributed by atoms with Crippen LogP contribution in [0.4, 0.5) is 0 Å². The smallest absolute Gasteiger partial charge is 0.403 e. The minimum absolute atomic E-state index is 0. The van der Waals surface area contributed by atoms with E-state index >= 15 is 0 Å². The van der Waals surface area contributed by atoms with Crippen LogP contribution in [0.5, 0.6) is 5.75 Å². The molecule has 0 atom stereocenters. The van der Waals surface area contributed by atoms with Crippen molar-refractivity contribution in [2.45, 2.75) is 6.42 Å². The normalized spacial score (nSPS) is 10.4. The van der Waals surface area contributed by atoms with Gasteiger partial charge in [0.25, 0.3) is 0 Å². The molecule has 2 heterocycles. The van der Waals surface area contributed by atoms with Gasteiger partial charge in [-0.1, -0.05) is 17.1 Å². The molecule has 3 rings (SSSR count). The Morgan fingerprint density at radius 1 is 1.26 bits per heavy atom. The Kier molecular flexibility index (Phi) is 3.85. The first-order valence-electron chi connectivity index (χ1n) is 5.82. The highest BCUT2D eigenvalue weighted by Crippen LogP contribution is 2.13. The number of aryl methyl sites for hydroxylation is 1. The number of imidazole rings is 1. The molecule has 1 N–H and O–H groups in total. The van der Waals surface area contributed by atoms with E-state index in [9.17, 15) is 5.11 Å². The van der Waals surface area contributed by atoms with E-state index < -0.39 is 0 Å². The molecule has 19 heavy (non-hydrogen) atoms. The average molecular weight is 320 g/mol. The summed E-state index contributed by atoms with van der Waals surface area (Å²) in [6, 6.07) is 9.22. The Morgan fingerprint density at radius 2 is 2.00 bits per heavy atom. The van der Waals surface area contributed by atoms with Crippen LogP contribution in [0.25, 0.3) is 5.78 Å². The molecule has 0 aliphatic carbocycles. The predicted molar refractivity (Wildman–Crippen MR) is 67.3 cm³/mol. The van der Waals surface area contributed by atoms with Crippen LogP contribution in [0.2, 0.25) is 0 Å². The predicted octanol–water partition coefficient (Wildman–Crippen LogP) is -1.54. The number of hydrogen-bond donors (Lipinski definition) is 1. The summed E-state index contributed by atoms with van der Waals surface area (Å²) in [7, 11) is 1.99. The first-order chi connectivity index (χ1) is 8.74. The summed E-state index contributed by atoms with van der Waals surface area (Å²) in [4.78, 5) is 4.34. The molecule has 1 aromatic carbocycles. The monoisotopic (exact) mass is 319 g/mol. The van der Waals surface area contributed by atoms with Gasteiger partial charge in [0.2, 0.25) is 0 Å². The van der Waals surface area contributed by atoms with Crippen LogP contribution in [0.15, 0.2) is 48.9 Å². The Morgan fingerprint density at radius 3 is 2.74 bits per heavy atom. The molecule has 0 amide bonds. The molecular formula is C14H14BrN3O. The number of rotatable bonds is 2. The zero-order valence-electron chi connectivity index (χ0n) is 10.5. The molecule has 0 bridgehead atoms. The summed E-state index contributed by atoms with van der Waals surface area (Å²) in [5.74, 6) is 1.22. The molecule has 0 fully saturated rings. The summed E-state index contributed by atoms with van der Waals surface area (Å²) in [6.45, 7) is 0. The molecule has 3 aromatic rings. The number of nitrogens with zero attached hydrogens (tertiary/aromatic N) is 3. The lowest BCUT2D eigenvalue weighted by atomic mass is 10.1. The van der Waals surface area contributed by atoms with Crippen LogP contribution in [0.3, 0.4) is 0 Å². The third-order valence-electron chi connectivity index (χ3n) is 3.02. The number of phenolic OH excluding ortho intramolecular Hbond substituents is 1. The minimum atomic E-state index is 0. The van der Waals surface area contributed by atoms with E-state index in [0.717, 1.165) is 17.8 Å². The van der Waals surface area contributed by atoms with E-state index in [1.807, 2.05) is 36.0 Å². The van der Waals surface area contributed by atoms with Gasteiger partial charge in [-0.05, 0) is 17.7 Å². The van der Waals surface area contributed by atoms with Crippen molar-refractivity contribution >= 4 is 5.78 Å². The SMILES string of the molecule is C[n+]1cc(Cc2ccc(O)cc2)n2cccnc21.[Br-]. The standard InChI is InChI=1S/C14H13N3O.BrH/c1-16-10-12(17-8-2-7-15-14(16)17)9-11-3-5-13(18)6-4-11;/h2-8,10H,9H2,1H3;1H. The molecule has 0 radical (unpaired) electrons. The first kappa shape index (κ1) is 13.5. The van der Waals surface area contributed by atoms with Gasteiger partial charge in [-0.15, -0.1) is 0 Å². The van der Waals surface area contributed by atoms with Crippen LogP contribution in [0, 0.1) is 0 Å². The molecular weight excluding hydrogens is 306 g/mol. The zero-order valence-corrected chi connectivity index (χ0v) is 12.1. The minimum Gasteiger partial charge on any atom is -1.00 e. The summed E-state index contributed by atoms with van der Waals surface area (Å²) in [5, 5.41) is 9.28. The Labute approximate surface area is 121 Å². The van der Waals surface area contributed by atoms with Crippen LogP contribution >= 0.6 is 0 Å². The second-order valence-corrected chi connectivity index (χ2v) is 4.36. The lowest BCUT2D eigenvalue weighted by molar-refractivity contribution is -0.646. The first-order valence-corrected chi connectivity index (χ1v) is 5.82. The van der Waals surface area contributed by atoms with Crippen molar-refractivity contribution in [3.63, 3.8) is 0 Å². The number of phenols is 1. The van der Waals surface area contributed by atoms with E-state index in [1.165, 1.54) is 5.69 Å². The second kappa shape index (κ2) is 5.40. The van der Waals surface area contributed by atoms with Crippen LogP contribution in [0.1, 0.15) is 11.3 Å². The molecule has 98 valence electrons. The van der Waals surface area contributed by atoms with E-state index in [-0.39, 0.29) is 17.0 Å². The summed E-state index contributed by atoms with van der Waals surface area (Å²) in [5.41, 5.74) is 2.34. The second-order valence-electron chi connectivity index (χ2n) is 4.36. The number of hydrogen-bond acceptors (Lipinski definition) is 2. The number of benzene rings is 1. The van der Waals surface area contributed by atoms with E-state index in [2.05, 4.69) is 15.6 Å². The number of halogens is 1. The highest BCUT2D eigenvalue weighted by molar-refractivity contribution is 5.31. The van der Waals surface area contributed by atoms with Gasteiger partial charge in [0.15, 0.2) is 0 Å². The topological polar surface area (TPSA) is 41.4 Å². The molecule has 0 aliphatic heterocycles. The highest BCUT2D eigenvalue weighted by atomic mass is 79.9. The van der Waals surface area contributed by atoms with Gasteiger partial charge >= 0.3 is 5.78 Å². The van der Waals surface area contributed by atoms with Crippen LogP contribution < -0.4 is 21.5 Å². The highest BCUT2D eigenvalue weighted by Gasteiger charge is 2.13. The van der Waals surface area contributed by atoms with Crippen molar-refractivity contribution in [3.05, 3.63) is 60.2 Å². The molecule has 4 nitrogen and oxygen atoms in total. The number of aromatic hydroxyl groups is 1. The van der Waals surface area contributed by atoms with Crippen molar-refractivity contribution in [1.82, 2.24) is 9.38 Å². The zero-order chi connectivity index (χ0) is 12.5. The molecule has 0 saturated carbocycles. The van der Waals surface area contributed by atoms with Gasteiger partial charge in [0, 0.05) is 12.5 Å². The van der Waals surface area contributed by atoms with Crippen molar-refractivity contribution in [2.24, 2.45) is 7.05 Å². The summed E-state index contributed by atoms with van der Waals surface area (Å²) >= 11 is 0. The summed E-state index contributed by atoms with van der Waals surface area (Å²) in [6.07, 6.45) is 6.70. The fraction of sp³-hybridized carbons (Fsp3) is 0.143. The Bertz CT molecular complexity index is 691. The maximum absolute atomic E-state index is 9.28. The Balaban J connectivity index is 0.00000133. The van der Waals surface area contributed by atoms with Crippen molar-refractivity contribution in [2.75, 3.05) is 0 Å². The lowest BCUT2D eigenvalue weighted by Gasteiger charge is -1.98. The molecule has 0 saturated heterocycles.